The van der Waals surface area contributed by atoms with E-state index in [1.165, 1.54) is 24.5 Å². The van der Waals surface area contributed by atoms with Crippen LogP contribution in [0.5, 0.6) is 0 Å². The van der Waals surface area contributed by atoms with Crippen molar-refractivity contribution in [3.63, 3.8) is 0 Å². The summed E-state index contributed by atoms with van der Waals surface area (Å²) in [7, 11) is 0. The average molecular weight is 356 g/mol. The number of benzene rings is 1. The van der Waals surface area contributed by atoms with Crippen LogP contribution in [-0.4, -0.2) is 30.0 Å². The molecule has 1 aliphatic heterocycles. The van der Waals surface area contributed by atoms with E-state index in [1.54, 1.807) is 0 Å². The summed E-state index contributed by atoms with van der Waals surface area (Å²) in [5, 5.41) is 6.12. The van der Waals surface area contributed by atoms with Crippen molar-refractivity contribution >= 4 is 11.8 Å². The molecule has 5 nitrogen and oxygen atoms in total. The first-order valence-corrected chi connectivity index (χ1v) is 9.53. The molecule has 1 aromatic carbocycles. The highest BCUT2D eigenvalue weighted by atomic mass is 16.5. The Balaban J connectivity index is 1.62. The SMILES string of the molecule is C=CC(=O)NC1(CNC(=O)C2Cc3ccccc3CO2)CCCCCC1. The summed E-state index contributed by atoms with van der Waals surface area (Å²) in [6, 6.07) is 8.06. The fraction of sp³-hybridized carbons (Fsp3) is 0.524. The number of nitrogens with one attached hydrogen (secondary N) is 2. The molecule has 26 heavy (non-hydrogen) atoms. The van der Waals surface area contributed by atoms with Crippen molar-refractivity contribution < 1.29 is 14.3 Å². The van der Waals surface area contributed by atoms with Gasteiger partial charge in [0.1, 0.15) is 6.10 Å². The first-order chi connectivity index (χ1) is 12.6. The van der Waals surface area contributed by atoms with Gasteiger partial charge >= 0.3 is 0 Å². The highest BCUT2D eigenvalue weighted by Gasteiger charge is 2.34. The molecule has 0 aromatic heterocycles. The minimum absolute atomic E-state index is 0.101. The number of fused-ring (bicyclic) bond motifs is 1. The molecule has 1 saturated carbocycles. The lowest BCUT2D eigenvalue weighted by molar-refractivity contribution is -0.135. The molecule has 0 spiro atoms. The topological polar surface area (TPSA) is 67.4 Å². The summed E-state index contributed by atoms with van der Waals surface area (Å²) < 4.78 is 5.75. The van der Waals surface area contributed by atoms with Crippen molar-refractivity contribution in [3.05, 3.63) is 48.0 Å². The summed E-state index contributed by atoms with van der Waals surface area (Å²) in [6.07, 6.45) is 7.63. The molecule has 1 fully saturated rings. The molecule has 5 heteroatoms. The van der Waals surface area contributed by atoms with Crippen molar-refractivity contribution in [3.8, 4) is 0 Å². The van der Waals surface area contributed by atoms with Crippen LogP contribution in [0.3, 0.4) is 0 Å². The van der Waals surface area contributed by atoms with Gasteiger partial charge in [0.05, 0.1) is 12.1 Å². The van der Waals surface area contributed by atoms with Crippen LogP contribution in [0, 0.1) is 0 Å². The van der Waals surface area contributed by atoms with Gasteiger partial charge in [-0.25, -0.2) is 0 Å². The van der Waals surface area contributed by atoms with Crippen molar-refractivity contribution in [1.29, 1.82) is 0 Å². The van der Waals surface area contributed by atoms with Gasteiger partial charge in [0.2, 0.25) is 11.8 Å². The molecule has 2 aliphatic rings. The molecule has 1 aromatic rings. The maximum Gasteiger partial charge on any atom is 0.249 e. The smallest absolute Gasteiger partial charge is 0.249 e. The summed E-state index contributed by atoms with van der Waals surface area (Å²) in [5.74, 6) is -0.278. The van der Waals surface area contributed by atoms with Crippen molar-refractivity contribution in [2.24, 2.45) is 0 Å². The van der Waals surface area contributed by atoms with E-state index in [9.17, 15) is 9.59 Å². The van der Waals surface area contributed by atoms with E-state index in [4.69, 9.17) is 4.74 Å². The lowest BCUT2D eigenvalue weighted by Crippen LogP contribution is -2.56. The summed E-state index contributed by atoms with van der Waals surface area (Å²) in [5.41, 5.74) is 1.93. The zero-order chi connectivity index (χ0) is 18.4. The molecule has 1 heterocycles. The average Bonchev–Trinajstić information content (AvgIpc) is 2.91. The largest absolute Gasteiger partial charge is 0.363 e. The van der Waals surface area contributed by atoms with Crippen LogP contribution in [0.15, 0.2) is 36.9 Å². The molecule has 1 unspecified atom stereocenters. The van der Waals surface area contributed by atoms with Crippen LogP contribution in [0.25, 0.3) is 0 Å². The first-order valence-electron chi connectivity index (χ1n) is 9.53. The number of hydrogen-bond acceptors (Lipinski definition) is 3. The third kappa shape index (κ3) is 4.52. The monoisotopic (exact) mass is 356 g/mol. The van der Waals surface area contributed by atoms with Gasteiger partial charge in [-0.3, -0.25) is 9.59 Å². The van der Waals surface area contributed by atoms with Gasteiger partial charge in [-0.15, -0.1) is 0 Å². The van der Waals surface area contributed by atoms with E-state index in [0.717, 1.165) is 31.2 Å². The minimum Gasteiger partial charge on any atom is -0.363 e. The number of amides is 2. The van der Waals surface area contributed by atoms with Gasteiger partial charge in [0.15, 0.2) is 0 Å². The van der Waals surface area contributed by atoms with E-state index in [-0.39, 0.29) is 17.4 Å². The molecular formula is C21H28N2O3. The van der Waals surface area contributed by atoms with Gasteiger partial charge in [-0.05, 0) is 30.0 Å². The van der Waals surface area contributed by atoms with Crippen LogP contribution in [0.1, 0.15) is 49.7 Å². The summed E-state index contributed by atoms with van der Waals surface area (Å²) >= 11 is 0. The van der Waals surface area contributed by atoms with Crippen molar-refractivity contribution in [1.82, 2.24) is 10.6 Å². The summed E-state index contributed by atoms with van der Waals surface area (Å²) in [6.45, 7) is 4.45. The first kappa shape index (κ1) is 18.6. The zero-order valence-corrected chi connectivity index (χ0v) is 15.3. The number of hydrogen-bond donors (Lipinski definition) is 2. The quantitative estimate of drug-likeness (QED) is 0.630. The van der Waals surface area contributed by atoms with Crippen LogP contribution >= 0.6 is 0 Å². The van der Waals surface area contributed by atoms with E-state index in [1.807, 2.05) is 18.2 Å². The van der Waals surface area contributed by atoms with Gasteiger partial charge in [0.25, 0.3) is 0 Å². The molecular weight excluding hydrogens is 328 g/mol. The van der Waals surface area contributed by atoms with Crippen LogP contribution in [-0.2, 0) is 27.4 Å². The van der Waals surface area contributed by atoms with E-state index in [2.05, 4.69) is 23.3 Å². The molecule has 1 atom stereocenters. The van der Waals surface area contributed by atoms with Gasteiger partial charge in [-0.1, -0.05) is 56.5 Å². The Hall–Kier alpha value is -2.14. The third-order valence-corrected chi connectivity index (χ3v) is 5.49. The number of rotatable bonds is 5. The Morgan fingerprint density at radius 1 is 1.15 bits per heavy atom. The maximum atomic E-state index is 12.7. The third-order valence-electron chi connectivity index (χ3n) is 5.49. The minimum atomic E-state index is -0.470. The molecule has 0 bridgehead atoms. The fourth-order valence-corrected chi connectivity index (χ4v) is 3.95. The molecule has 2 amide bonds. The Bertz CT molecular complexity index is 663. The van der Waals surface area contributed by atoms with E-state index >= 15 is 0 Å². The lowest BCUT2D eigenvalue weighted by atomic mass is 9.89. The summed E-state index contributed by atoms with van der Waals surface area (Å²) in [4.78, 5) is 24.6. The van der Waals surface area contributed by atoms with Crippen LogP contribution in [0.2, 0.25) is 0 Å². The van der Waals surface area contributed by atoms with E-state index in [0.29, 0.717) is 19.6 Å². The Kier molecular flexibility index (Phi) is 6.09. The van der Waals surface area contributed by atoms with Crippen molar-refractivity contribution in [2.75, 3.05) is 6.54 Å². The van der Waals surface area contributed by atoms with Crippen LogP contribution < -0.4 is 10.6 Å². The Labute approximate surface area is 155 Å². The second-order valence-electron chi connectivity index (χ2n) is 7.38. The highest BCUT2D eigenvalue weighted by Crippen LogP contribution is 2.27. The zero-order valence-electron chi connectivity index (χ0n) is 15.3. The number of carbonyl (C=O) groups is 2. The molecule has 0 radical (unpaired) electrons. The molecule has 140 valence electrons. The molecule has 3 rings (SSSR count). The predicted molar refractivity (Wildman–Crippen MR) is 101 cm³/mol. The fourth-order valence-electron chi connectivity index (χ4n) is 3.95. The van der Waals surface area contributed by atoms with Crippen LogP contribution in [0.4, 0.5) is 0 Å². The van der Waals surface area contributed by atoms with Gasteiger partial charge < -0.3 is 15.4 Å². The maximum absolute atomic E-state index is 12.7. The molecule has 2 N–H and O–H groups in total. The Morgan fingerprint density at radius 2 is 1.85 bits per heavy atom. The standard InChI is InChI=1S/C21H28N2O3/c1-2-19(24)23-21(11-7-3-4-8-12-21)15-22-20(25)18-13-16-9-5-6-10-17(16)14-26-18/h2,5-6,9-10,18H,1,3-4,7-8,11-15H2,(H,22,25)(H,23,24). The number of ether oxygens (including phenoxy) is 1. The van der Waals surface area contributed by atoms with E-state index < -0.39 is 6.10 Å². The second kappa shape index (κ2) is 8.49. The van der Waals surface area contributed by atoms with Crippen molar-refractivity contribution in [2.45, 2.75) is 63.2 Å². The highest BCUT2D eigenvalue weighted by molar-refractivity contribution is 5.87. The Morgan fingerprint density at radius 3 is 2.54 bits per heavy atom. The lowest BCUT2D eigenvalue weighted by Gasteiger charge is -2.34. The number of carbonyl (C=O) groups excluding carboxylic acids is 2. The normalized spacial score (nSPS) is 21.8. The second-order valence-corrected chi connectivity index (χ2v) is 7.38. The van der Waals surface area contributed by atoms with Gasteiger partial charge in [-0.2, -0.15) is 0 Å². The predicted octanol–water partition coefficient (Wildman–Crippen LogP) is 2.64. The van der Waals surface area contributed by atoms with Gasteiger partial charge in [0, 0.05) is 13.0 Å². The molecule has 0 saturated heterocycles. The molecule has 1 aliphatic carbocycles.